The molecule has 408 valence electrons. The van der Waals surface area contributed by atoms with Crippen molar-refractivity contribution in [1.29, 1.82) is 0 Å². The molecular weight excluding hydrogens is 980 g/mol. The van der Waals surface area contributed by atoms with E-state index in [2.05, 4.69) is 273 Å². The van der Waals surface area contributed by atoms with Gasteiger partial charge in [0.2, 0.25) is 6.71 Å². The summed E-state index contributed by atoms with van der Waals surface area (Å²) in [5, 5.41) is 0. The molecule has 0 bridgehead atoms. The number of hydrogen-bond acceptors (Lipinski definition) is 3. The lowest BCUT2D eigenvalue weighted by molar-refractivity contribution is 0.332. The highest BCUT2D eigenvalue weighted by Crippen LogP contribution is 2.58. The molecule has 8 aromatic carbocycles. The fourth-order valence-electron chi connectivity index (χ4n) is 15.8. The predicted octanol–water partition coefficient (Wildman–Crippen LogP) is 19.1. The van der Waals surface area contributed by atoms with Crippen molar-refractivity contribution in [2.24, 2.45) is 0 Å². The summed E-state index contributed by atoms with van der Waals surface area (Å²) in [5.74, 6) is 1.86. The quantitative estimate of drug-likeness (QED) is 0.164. The number of rotatable bonds is 3. The Kier molecular flexibility index (Phi) is 10.8. The minimum Gasteiger partial charge on any atom is -0.457 e. The zero-order valence-corrected chi connectivity index (χ0v) is 51.4. The normalized spacial score (nSPS) is 18.8. The standard InChI is InChI=1S/C77H81BN2O/c1-45-36-65-69-66(37-45)80(63-33-30-49(72(5,6)7)40-51(63)46-26-28-48(29-27-46)71(2,3)4)64-44-68-60(77(16,17)56-24-20-21-25-67(56)81-68)43-61(64)78(69)62-39-47-38-58-59(76(14,15)55-23-19-18-22-54(55)75(58,12)13)42-52(47)70(62)79(65)50-31-32-53-57(41-50)74(10,11)35-34-73(53,8)9/h18-33,36-38,40-44H,34-35,39H2,1-17H3. The second kappa shape index (κ2) is 16.8. The first-order chi connectivity index (χ1) is 38.1. The van der Waals surface area contributed by atoms with Crippen molar-refractivity contribution in [1.82, 2.24) is 0 Å². The first kappa shape index (κ1) is 52.1. The van der Waals surface area contributed by atoms with Crippen LogP contribution < -0.4 is 25.5 Å². The summed E-state index contributed by atoms with van der Waals surface area (Å²) in [6.07, 6.45) is 3.19. The van der Waals surface area contributed by atoms with Crippen molar-refractivity contribution in [2.75, 3.05) is 9.80 Å². The number of nitrogens with zero attached hydrogens (tertiary/aromatic N) is 2. The Morgan fingerprint density at radius 3 is 1.68 bits per heavy atom. The lowest BCUT2D eigenvalue weighted by Gasteiger charge is -2.47. The Morgan fingerprint density at radius 1 is 0.444 bits per heavy atom. The summed E-state index contributed by atoms with van der Waals surface area (Å²) < 4.78 is 7.17. The highest BCUT2D eigenvalue weighted by Gasteiger charge is 2.51. The van der Waals surface area contributed by atoms with E-state index in [1.54, 1.807) is 0 Å². The average molecular weight is 1060 g/mol. The molecule has 3 aliphatic carbocycles. The molecule has 14 rings (SSSR count). The van der Waals surface area contributed by atoms with Crippen LogP contribution >= 0.6 is 0 Å². The third-order valence-corrected chi connectivity index (χ3v) is 20.8. The molecule has 0 N–H and O–H groups in total. The van der Waals surface area contributed by atoms with Crippen LogP contribution in [-0.4, -0.2) is 6.71 Å². The molecule has 8 aromatic rings. The smallest absolute Gasteiger partial charge is 0.247 e. The molecule has 6 aliphatic rings. The fraction of sp³-hybridized carbons (Fsp3) is 0.351. The fourth-order valence-corrected chi connectivity index (χ4v) is 15.8. The maximum Gasteiger partial charge on any atom is 0.247 e. The number of ether oxygens (including phenoxy) is 1. The van der Waals surface area contributed by atoms with Crippen molar-refractivity contribution in [3.63, 3.8) is 0 Å². The highest BCUT2D eigenvalue weighted by molar-refractivity contribution is 6.96. The van der Waals surface area contributed by atoms with Crippen molar-refractivity contribution in [3.05, 3.63) is 223 Å². The summed E-state index contributed by atoms with van der Waals surface area (Å²) >= 11 is 0. The molecule has 3 nitrogen and oxygen atoms in total. The summed E-state index contributed by atoms with van der Waals surface area (Å²) in [5.41, 5.74) is 31.3. The summed E-state index contributed by atoms with van der Waals surface area (Å²) in [6.45, 7) is 40.8. The first-order valence-electron chi connectivity index (χ1n) is 30.2. The van der Waals surface area contributed by atoms with Gasteiger partial charge in [-0.3, -0.25) is 0 Å². The third-order valence-electron chi connectivity index (χ3n) is 20.8. The van der Waals surface area contributed by atoms with Gasteiger partial charge in [-0.25, -0.2) is 0 Å². The number of allylic oxidation sites excluding steroid dienone is 1. The van der Waals surface area contributed by atoms with Crippen LogP contribution in [0.3, 0.4) is 0 Å². The second-order valence-corrected chi connectivity index (χ2v) is 30.2. The summed E-state index contributed by atoms with van der Waals surface area (Å²) in [7, 11) is 0. The van der Waals surface area contributed by atoms with Crippen LogP contribution in [-0.2, 0) is 44.3 Å². The Morgan fingerprint density at radius 2 is 1.02 bits per heavy atom. The SMILES string of the molecule is Cc1cc2c3c(c1)N(c1ccc(C(C)(C)C)cc1-c1ccc(C(C)(C)C)cc1)c1cc4c(cc1B3C1=C(c3cc5c(cc3C1)C(C)(C)c1ccccc1C5(C)C)N2c1ccc2c(c1)C(C)(C)CCC2(C)C)C(C)(C)c1ccccc1O4. The number of hydrogen-bond donors (Lipinski definition) is 0. The maximum absolute atomic E-state index is 7.17. The van der Waals surface area contributed by atoms with Crippen LogP contribution in [0.2, 0.25) is 0 Å². The van der Waals surface area contributed by atoms with Gasteiger partial charge < -0.3 is 14.5 Å². The molecule has 3 aliphatic heterocycles. The molecule has 0 atom stereocenters. The number of anilines is 5. The van der Waals surface area contributed by atoms with E-state index in [0.29, 0.717) is 0 Å². The van der Waals surface area contributed by atoms with Gasteiger partial charge in [-0.2, -0.15) is 0 Å². The Labute approximate surface area is 484 Å². The van der Waals surface area contributed by atoms with Crippen molar-refractivity contribution in [3.8, 4) is 22.6 Å². The zero-order chi connectivity index (χ0) is 57.0. The topological polar surface area (TPSA) is 15.7 Å². The second-order valence-electron chi connectivity index (χ2n) is 30.2. The minimum absolute atomic E-state index is 0.0289. The van der Waals surface area contributed by atoms with E-state index in [0.717, 1.165) is 24.3 Å². The number of aryl methyl sites for hydroxylation is 1. The van der Waals surface area contributed by atoms with E-state index in [1.807, 2.05) is 0 Å². The Hall–Kier alpha value is -7.04. The van der Waals surface area contributed by atoms with Gasteiger partial charge in [-0.1, -0.05) is 207 Å². The van der Waals surface area contributed by atoms with Crippen molar-refractivity contribution >= 4 is 51.8 Å². The Balaban J connectivity index is 1.09. The van der Waals surface area contributed by atoms with Crippen LogP contribution in [0, 0.1) is 6.92 Å². The molecule has 0 aromatic heterocycles. The third kappa shape index (κ3) is 7.46. The molecule has 0 unspecified atom stereocenters. The van der Waals surface area contributed by atoms with Crippen LogP contribution in [0.15, 0.2) is 151 Å². The van der Waals surface area contributed by atoms with E-state index < -0.39 is 0 Å². The van der Waals surface area contributed by atoms with E-state index >= 15 is 0 Å². The number of fused-ring (bicyclic) bond motifs is 10. The summed E-state index contributed by atoms with van der Waals surface area (Å²) in [6, 6.07) is 57.7. The van der Waals surface area contributed by atoms with Crippen LogP contribution in [0.5, 0.6) is 11.5 Å². The molecular formula is C77H81BN2O. The Bertz CT molecular complexity index is 4070. The predicted molar refractivity (Wildman–Crippen MR) is 344 cm³/mol. The van der Waals surface area contributed by atoms with Gasteiger partial charge in [-0.15, -0.1) is 0 Å². The van der Waals surface area contributed by atoms with Crippen LogP contribution in [0.25, 0.3) is 16.8 Å². The van der Waals surface area contributed by atoms with Gasteiger partial charge in [0.15, 0.2) is 0 Å². The zero-order valence-electron chi connectivity index (χ0n) is 51.4. The van der Waals surface area contributed by atoms with Crippen molar-refractivity contribution in [2.45, 2.75) is 175 Å². The van der Waals surface area contributed by atoms with Crippen LogP contribution in [0.4, 0.5) is 28.4 Å². The molecule has 4 heteroatoms. The largest absolute Gasteiger partial charge is 0.457 e. The number of benzene rings is 8. The first-order valence-corrected chi connectivity index (χ1v) is 30.2. The van der Waals surface area contributed by atoms with Crippen LogP contribution in [0.1, 0.15) is 196 Å². The van der Waals surface area contributed by atoms with Gasteiger partial charge in [-0.05, 0) is 169 Å². The molecule has 0 saturated heterocycles. The lowest BCUT2D eigenvalue weighted by atomic mass is 9.32. The number of para-hydroxylation sites is 1. The van der Waals surface area contributed by atoms with Gasteiger partial charge in [0.1, 0.15) is 11.5 Å². The van der Waals surface area contributed by atoms with Crippen molar-refractivity contribution < 1.29 is 4.74 Å². The lowest BCUT2D eigenvalue weighted by Crippen LogP contribution is -2.56. The van der Waals surface area contributed by atoms with E-state index in [1.165, 1.54) is 140 Å². The van der Waals surface area contributed by atoms with E-state index in [9.17, 15) is 0 Å². The molecule has 0 fully saturated rings. The molecule has 81 heavy (non-hydrogen) atoms. The highest BCUT2D eigenvalue weighted by atomic mass is 16.5. The van der Waals surface area contributed by atoms with Gasteiger partial charge >= 0.3 is 0 Å². The van der Waals surface area contributed by atoms with E-state index in [4.69, 9.17) is 4.74 Å². The minimum atomic E-state index is -0.319. The molecule has 0 amide bonds. The average Bonchev–Trinajstić information content (AvgIpc) is 4.08. The molecule has 0 spiro atoms. The molecule has 3 heterocycles. The molecule has 0 saturated carbocycles. The van der Waals surface area contributed by atoms with E-state index in [-0.39, 0.29) is 44.6 Å². The monoisotopic (exact) mass is 1060 g/mol. The van der Waals surface area contributed by atoms with Gasteiger partial charge in [0.25, 0.3) is 0 Å². The van der Waals surface area contributed by atoms with Gasteiger partial charge in [0, 0.05) is 73.0 Å². The summed E-state index contributed by atoms with van der Waals surface area (Å²) in [4.78, 5) is 5.40. The van der Waals surface area contributed by atoms with Gasteiger partial charge in [0.05, 0.1) is 5.69 Å². The molecule has 0 radical (unpaired) electrons. The maximum atomic E-state index is 7.17.